The van der Waals surface area contributed by atoms with Gasteiger partial charge in [-0.1, -0.05) is 0 Å². The van der Waals surface area contributed by atoms with Crippen molar-refractivity contribution in [2.45, 2.75) is 12.8 Å². The summed E-state index contributed by atoms with van der Waals surface area (Å²) < 4.78 is 1.67. The Morgan fingerprint density at radius 3 is 3.00 bits per heavy atom. The lowest BCUT2D eigenvalue weighted by atomic mass is 9.98. The molecule has 0 bridgehead atoms. The molecule has 1 saturated heterocycles. The predicted octanol–water partition coefficient (Wildman–Crippen LogP) is 0.666. The van der Waals surface area contributed by atoms with Crippen LogP contribution in [0, 0.1) is 5.92 Å². The molecule has 3 heterocycles. The Hall–Kier alpha value is -2.44. The number of carbonyl (C=O) groups excluding carboxylic acids is 1. The van der Waals surface area contributed by atoms with Gasteiger partial charge in [-0.25, -0.2) is 0 Å². The number of amides is 1. The molecule has 2 aromatic heterocycles. The van der Waals surface area contributed by atoms with E-state index in [1.54, 1.807) is 27.6 Å². The van der Waals surface area contributed by atoms with E-state index in [-0.39, 0.29) is 12.5 Å². The van der Waals surface area contributed by atoms with E-state index < -0.39 is 11.9 Å². The third-order valence-corrected chi connectivity index (χ3v) is 3.60. The number of aromatic nitrogens is 3. The first kappa shape index (κ1) is 12.6. The van der Waals surface area contributed by atoms with Gasteiger partial charge in [-0.2, -0.15) is 0 Å². The monoisotopic (exact) mass is 274 g/mol. The van der Waals surface area contributed by atoms with Gasteiger partial charge < -0.3 is 10.0 Å². The van der Waals surface area contributed by atoms with Crippen LogP contribution in [0.3, 0.4) is 0 Å². The van der Waals surface area contributed by atoms with Gasteiger partial charge >= 0.3 is 5.97 Å². The van der Waals surface area contributed by atoms with Crippen LogP contribution in [0.5, 0.6) is 0 Å². The highest BCUT2D eigenvalue weighted by molar-refractivity contribution is 5.94. The molecule has 20 heavy (non-hydrogen) atoms. The van der Waals surface area contributed by atoms with Crippen LogP contribution in [0.2, 0.25) is 0 Å². The molecule has 1 aliphatic rings. The highest BCUT2D eigenvalue weighted by Gasteiger charge is 2.28. The molecule has 0 saturated carbocycles. The molecule has 7 heteroatoms. The Labute approximate surface area is 114 Å². The molecule has 0 aliphatic carbocycles. The van der Waals surface area contributed by atoms with E-state index in [2.05, 4.69) is 10.2 Å². The SMILES string of the molecule is O=C(O)C1CCCN(C(=O)c2ccc3nncn3c2)C1. The quantitative estimate of drug-likeness (QED) is 0.869. The maximum Gasteiger partial charge on any atom is 0.308 e. The Morgan fingerprint density at radius 1 is 1.35 bits per heavy atom. The first-order chi connectivity index (χ1) is 9.65. The summed E-state index contributed by atoms with van der Waals surface area (Å²) in [6.07, 6.45) is 4.55. The summed E-state index contributed by atoms with van der Waals surface area (Å²) in [5.74, 6) is -1.45. The number of hydrogen-bond donors (Lipinski definition) is 1. The number of carbonyl (C=O) groups is 2. The first-order valence-corrected chi connectivity index (χ1v) is 6.46. The molecule has 2 aromatic rings. The van der Waals surface area contributed by atoms with Crippen LogP contribution in [0.15, 0.2) is 24.7 Å². The number of likely N-dealkylation sites (tertiary alicyclic amines) is 1. The lowest BCUT2D eigenvalue weighted by Gasteiger charge is -2.30. The molecule has 1 fully saturated rings. The number of rotatable bonds is 2. The summed E-state index contributed by atoms with van der Waals surface area (Å²) in [6.45, 7) is 0.872. The smallest absolute Gasteiger partial charge is 0.308 e. The second kappa shape index (κ2) is 4.92. The van der Waals surface area contributed by atoms with E-state index in [9.17, 15) is 9.59 Å². The number of nitrogens with zero attached hydrogens (tertiary/aromatic N) is 4. The van der Waals surface area contributed by atoms with Gasteiger partial charge in [0.15, 0.2) is 5.65 Å². The van der Waals surface area contributed by atoms with Crippen molar-refractivity contribution in [1.29, 1.82) is 0 Å². The molecule has 0 spiro atoms. The van der Waals surface area contributed by atoms with Gasteiger partial charge in [-0.3, -0.25) is 14.0 Å². The third kappa shape index (κ3) is 2.22. The number of hydrogen-bond acceptors (Lipinski definition) is 4. The summed E-state index contributed by atoms with van der Waals surface area (Å²) in [7, 11) is 0. The van der Waals surface area contributed by atoms with Crippen LogP contribution in [-0.2, 0) is 4.79 Å². The topological polar surface area (TPSA) is 87.8 Å². The number of aliphatic carboxylic acids is 1. The number of piperidine rings is 1. The van der Waals surface area contributed by atoms with Crippen molar-refractivity contribution in [3.63, 3.8) is 0 Å². The lowest BCUT2D eigenvalue weighted by molar-refractivity contribution is -0.143. The average molecular weight is 274 g/mol. The number of carboxylic acids is 1. The van der Waals surface area contributed by atoms with Crippen molar-refractivity contribution in [3.8, 4) is 0 Å². The van der Waals surface area contributed by atoms with Crippen molar-refractivity contribution < 1.29 is 14.7 Å². The minimum Gasteiger partial charge on any atom is -0.481 e. The molecule has 1 amide bonds. The minimum absolute atomic E-state index is 0.147. The summed E-state index contributed by atoms with van der Waals surface area (Å²) in [6, 6.07) is 3.41. The molecule has 104 valence electrons. The van der Waals surface area contributed by atoms with Crippen molar-refractivity contribution in [2.75, 3.05) is 13.1 Å². The zero-order valence-electron chi connectivity index (χ0n) is 10.8. The fraction of sp³-hybridized carbons (Fsp3) is 0.385. The summed E-state index contributed by atoms with van der Waals surface area (Å²) >= 11 is 0. The van der Waals surface area contributed by atoms with Crippen molar-refractivity contribution in [2.24, 2.45) is 5.92 Å². The molecule has 7 nitrogen and oxygen atoms in total. The van der Waals surface area contributed by atoms with E-state index >= 15 is 0 Å². The molecule has 1 N–H and O–H groups in total. The van der Waals surface area contributed by atoms with Gasteiger partial charge in [0.2, 0.25) is 0 Å². The Balaban J connectivity index is 1.82. The predicted molar refractivity (Wildman–Crippen MR) is 69.3 cm³/mol. The van der Waals surface area contributed by atoms with Crippen LogP contribution in [0.1, 0.15) is 23.2 Å². The van der Waals surface area contributed by atoms with Crippen LogP contribution >= 0.6 is 0 Å². The standard InChI is InChI=1S/C13H14N4O3/c18-12(16-5-1-2-10(7-16)13(19)20)9-3-4-11-15-14-8-17(11)6-9/h3-4,6,8,10H,1-2,5,7H2,(H,19,20). The van der Waals surface area contributed by atoms with Gasteiger partial charge in [0.1, 0.15) is 6.33 Å². The van der Waals surface area contributed by atoms with E-state index in [0.29, 0.717) is 24.2 Å². The number of carboxylic acid groups (broad SMARTS) is 1. The second-order valence-electron chi connectivity index (χ2n) is 4.94. The minimum atomic E-state index is -0.836. The van der Waals surface area contributed by atoms with E-state index in [4.69, 9.17) is 5.11 Å². The molecule has 0 aromatic carbocycles. The summed E-state index contributed by atoms with van der Waals surface area (Å²) in [4.78, 5) is 25.1. The van der Waals surface area contributed by atoms with Gasteiger partial charge in [-0.15, -0.1) is 10.2 Å². The molecular weight excluding hydrogens is 260 g/mol. The van der Waals surface area contributed by atoms with Crippen LogP contribution in [0.25, 0.3) is 5.65 Å². The zero-order valence-corrected chi connectivity index (χ0v) is 10.8. The van der Waals surface area contributed by atoms with Crippen molar-refractivity contribution >= 4 is 17.5 Å². The lowest BCUT2D eigenvalue weighted by Crippen LogP contribution is -2.42. The molecule has 3 rings (SSSR count). The van der Waals surface area contributed by atoms with Crippen molar-refractivity contribution in [3.05, 3.63) is 30.2 Å². The highest BCUT2D eigenvalue weighted by atomic mass is 16.4. The maximum atomic E-state index is 12.4. The maximum absolute atomic E-state index is 12.4. The number of pyridine rings is 1. The van der Waals surface area contributed by atoms with Gasteiger partial charge in [-0.05, 0) is 25.0 Å². The zero-order chi connectivity index (χ0) is 14.1. The molecular formula is C13H14N4O3. The molecule has 1 atom stereocenters. The highest BCUT2D eigenvalue weighted by Crippen LogP contribution is 2.19. The van der Waals surface area contributed by atoms with Crippen LogP contribution in [0.4, 0.5) is 0 Å². The molecule has 1 aliphatic heterocycles. The van der Waals surface area contributed by atoms with E-state index in [1.165, 1.54) is 6.33 Å². The van der Waals surface area contributed by atoms with Crippen LogP contribution < -0.4 is 0 Å². The van der Waals surface area contributed by atoms with Gasteiger partial charge in [0.25, 0.3) is 5.91 Å². The van der Waals surface area contributed by atoms with Crippen LogP contribution in [-0.4, -0.2) is 49.6 Å². The normalized spacial score (nSPS) is 19.2. The molecule has 0 radical (unpaired) electrons. The van der Waals surface area contributed by atoms with Gasteiger partial charge in [0, 0.05) is 19.3 Å². The Bertz CT molecular complexity index is 666. The molecule has 1 unspecified atom stereocenters. The fourth-order valence-electron chi connectivity index (χ4n) is 2.50. The van der Waals surface area contributed by atoms with E-state index in [0.717, 1.165) is 6.42 Å². The summed E-state index contributed by atoms with van der Waals surface area (Å²) in [5, 5.41) is 16.7. The largest absolute Gasteiger partial charge is 0.481 e. The van der Waals surface area contributed by atoms with Crippen molar-refractivity contribution in [1.82, 2.24) is 19.5 Å². The Kier molecular flexibility index (Phi) is 3.09. The number of fused-ring (bicyclic) bond motifs is 1. The van der Waals surface area contributed by atoms with E-state index in [1.807, 2.05) is 0 Å². The third-order valence-electron chi connectivity index (χ3n) is 3.60. The Morgan fingerprint density at radius 2 is 2.20 bits per heavy atom. The second-order valence-corrected chi connectivity index (χ2v) is 4.94. The summed E-state index contributed by atoms with van der Waals surface area (Å²) in [5.41, 5.74) is 1.19. The first-order valence-electron chi connectivity index (χ1n) is 6.46. The average Bonchev–Trinajstić information content (AvgIpc) is 2.94. The fourth-order valence-corrected chi connectivity index (χ4v) is 2.50. The van der Waals surface area contributed by atoms with Gasteiger partial charge in [0.05, 0.1) is 11.5 Å².